The number of allylic oxidation sites excluding steroid dienone is 1. The number of rotatable bonds is 7. The first-order chi connectivity index (χ1) is 17.8. The lowest BCUT2D eigenvalue weighted by Gasteiger charge is -2.43. The average Bonchev–Trinajstić information content (AvgIpc) is 2.94. The van der Waals surface area contributed by atoms with Crippen molar-refractivity contribution >= 4 is 11.5 Å². The zero-order valence-corrected chi connectivity index (χ0v) is 20.1. The van der Waals surface area contributed by atoms with Gasteiger partial charge in [-0.15, -0.1) is 0 Å². The zero-order valence-electron chi connectivity index (χ0n) is 20.1. The van der Waals surface area contributed by atoms with Crippen LogP contribution in [0.4, 0.5) is 0 Å². The number of hydrogen-bond acceptors (Lipinski definition) is 3. The van der Waals surface area contributed by atoms with Gasteiger partial charge in [0.1, 0.15) is 0 Å². The molecule has 0 radical (unpaired) electrons. The van der Waals surface area contributed by atoms with E-state index in [0.717, 1.165) is 22.4 Å². The molecule has 3 nitrogen and oxygen atoms in total. The van der Waals surface area contributed by atoms with Crippen molar-refractivity contribution in [3.63, 3.8) is 0 Å². The monoisotopic (exact) mass is 468 g/mol. The van der Waals surface area contributed by atoms with Crippen molar-refractivity contribution in [2.45, 2.75) is 18.9 Å². The summed E-state index contributed by atoms with van der Waals surface area (Å²) in [5, 5.41) is 9.98. The van der Waals surface area contributed by atoms with Crippen LogP contribution in [0.5, 0.6) is 0 Å². The Hall–Kier alpha value is -4.42. The molecule has 0 fully saturated rings. The molecule has 0 aromatic heterocycles. The molecular weight excluding hydrogens is 440 g/mol. The van der Waals surface area contributed by atoms with Gasteiger partial charge in [-0.05, 0) is 22.3 Å². The third-order valence-electron chi connectivity index (χ3n) is 6.90. The van der Waals surface area contributed by atoms with Gasteiger partial charge in [-0.1, -0.05) is 121 Å². The Kier molecular flexibility index (Phi) is 7.05. The summed E-state index contributed by atoms with van der Waals surface area (Å²) in [6.07, 6.45) is 0.258. The Bertz CT molecular complexity index is 1370. The smallest absolute Gasteiger partial charge is 0.168 e. The van der Waals surface area contributed by atoms with Gasteiger partial charge in [0.05, 0.1) is 18.4 Å². The first kappa shape index (κ1) is 23.3. The first-order valence-corrected chi connectivity index (χ1v) is 12.3. The molecule has 2 atom stereocenters. The van der Waals surface area contributed by atoms with Crippen molar-refractivity contribution in [3.8, 4) is 6.07 Å². The molecule has 0 spiro atoms. The van der Waals surface area contributed by atoms with E-state index >= 15 is 0 Å². The van der Waals surface area contributed by atoms with E-state index in [9.17, 15) is 10.1 Å². The summed E-state index contributed by atoms with van der Waals surface area (Å²) in [7, 11) is 0. The molecule has 1 heterocycles. The fourth-order valence-electron chi connectivity index (χ4n) is 5.36. The highest BCUT2D eigenvalue weighted by Gasteiger charge is 2.40. The van der Waals surface area contributed by atoms with Gasteiger partial charge in [-0.3, -0.25) is 4.79 Å². The molecule has 0 amide bonds. The Balaban J connectivity index is 1.72. The molecular formula is C33H28N2O. The van der Waals surface area contributed by atoms with E-state index < -0.39 is 0 Å². The number of ketones is 1. The third kappa shape index (κ3) is 4.85. The van der Waals surface area contributed by atoms with Crippen LogP contribution in [0.25, 0.3) is 5.70 Å². The lowest BCUT2D eigenvalue weighted by molar-refractivity contribution is 0.0871. The number of nitrogens with zero attached hydrogens (tertiary/aromatic N) is 2. The van der Waals surface area contributed by atoms with Crippen LogP contribution in [0.15, 0.2) is 127 Å². The molecule has 5 rings (SSSR count). The normalized spacial score (nSPS) is 17.5. The van der Waals surface area contributed by atoms with Crippen LogP contribution in [0, 0.1) is 17.2 Å². The van der Waals surface area contributed by atoms with Gasteiger partial charge in [0.15, 0.2) is 5.78 Å². The van der Waals surface area contributed by atoms with Gasteiger partial charge >= 0.3 is 0 Å². The lowest BCUT2D eigenvalue weighted by atomic mass is 9.72. The van der Waals surface area contributed by atoms with E-state index in [1.807, 2.05) is 84.9 Å². The number of Topliss-reactive ketones (excluding diaryl/α,β-unsaturated/α-hetero) is 1. The molecule has 0 bridgehead atoms. The van der Waals surface area contributed by atoms with E-state index in [1.54, 1.807) is 0 Å². The molecule has 1 aliphatic heterocycles. The highest BCUT2D eigenvalue weighted by Crippen LogP contribution is 2.46. The van der Waals surface area contributed by atoms with Crippen molar-refractivity contribution in [2.24, 2.45) is 5.92 Å². The molecule has 0 aliphatic carbocycles. The van der Waals surface area contributed by atoms with Crippen molar-refractivity contribution in [3.05, 3.63) is 149 Å². The highest BCUT2D eigenvalue weighted by molar-refractivity contribution is 5.99. The minimum Gasteiger partial charge on any atom is -0.366 e. The fourth-order valence-corrected chi connectivity index (χ4v) is 5.36. The number of hydrogen-bond donors (Lipinski definition) is 0. The minimum absolute atomic E-state index is 0.116. The molecule has 36 heavy (non-hydrogen) atoms. The third-order valence-corrected chi connectivity index (χ3v) is 6.90. The molecule has 4 aromatic rings. The zero-order chi connectivity index (χ0) is 24.7. The van der Waals surface area contributed by atoms with E-state index in [2.05, 4.69) is 47.4 Å². The van der Waals surface area contributed by atoms with Gasteiger partial charge < -0.3 is 4.90 Å². The molecule has 0 saturated carbocycles. The lowest BCUT2D eigenvalue weighted by Crippen LogP contribution is -2.41. The summed E-state index contributed by atoms with van der Waals surface area (Å²) in [5.74, 6) is -0.375. The summed E-state index contributed by atoms with van der Waals surface area (Å²) >= 11 is 0. The van der Waals surface area contributed by atoms with Gasteiger partial charge in [0, 0.05) is 30.3 Å². The Labute approximate surface area is 213 Å². The predicted octanol–water partition coefficient (Wildman–Crippen LogP) is 7.11. The maximum Gasteiger partial charge on any atom is 0.168 e. The second-order valence-corrected chi connectivity index (χ2v) is 9.17. The Morgan fingerprint density at radius 1 is 0.778 bits per heavy atom. The van der Waals surface area contributed by atoms with E-state index in [0.29, 0.717) is 18.7 Å². The second-order valence-electron chi connectivity index (χ2n) is 9.17. The maximum atomic E-state index is 14.0. The quantitative estimate of drug-likeness (QED) is 0.272. The molecule has 0 N–H and O–H groups in total. The Morgan fingerprint density at radius 2 is 1.33 bits per heavy atom. The van der Waals surface area contributed by atoms with Crippen molar-refractivity contribution in [2.75, 3.05) is 6.54 Å². The molecule has 1 aliphatic rings. The largest absolute Gasteiger partial charge is 0.366 e. The molecule has 3 heteroatoms. The van der Waals surface area contributed by atoms with E-state index in [1.165, 1.54) is 5.56 Å². The summed E-state index contributed by atoms with van der Waals surface area (Å²) < 4.78 is 0. The van der Waals surface area contributed by atoms with Crippen molar-refractivity contribution < 1.29 is 4.79 Å². The van der Waals surface area contributed by atoms with Gasteiger partial charge in [-0.25, -0.2) is 0 Å². The first-order valence-electron chi connectivity index (χ1n) is 12.3. The summed E-state index contributed by atoms with van der Waals surface area (Å²) in [6, 6.07) is 42.8. The maximum absolute atomic E-state index is 14.0. The summed E-state index contributed by atoms with van der Waals surface area (Å²) in [5.41, 5.74) is 6.10. The van der Waals surface area contributed by atoms with Gasteiger partial charge in [0.2, 0.25) is 0 Å². The second kappa shape index (κ2) is 10.9. The van der Waals surface area contributed by atoms with Crippen LogP contribution in [-0.4, -0.2) is 17.2 Å². The summed E-state index contributed by atoms with van der Waals surface area (Å²) in [6.45, 7) is 1.24. The number of carbonyl (C=O) groups excluding carboxylic acids is 1. The number of carbonyl (C=O) groups is 1. The topological polar surface area (TPSA) is 44.1 Å². The van der Waals surface area contributed by atoms with Gasteiger partial charge in [0.25, 0.3) is 0 Å². The molecule has 0 saturated heterocycles. The van der Waals surface area contributed by atoms with Crippen LogP contribution in [0.2, 0.25) is 0 Å². The summed E-state index contributed by atoms with van der Waals surface area (Å²) in [4.78, 5) is 16.4. The standard InChI is InChI=1S/C33H28N2O/c34-22-21-29-31(26-15-7-2-8-16-26)30(33(36)28-19-11-4-12-20-28)24-35(23-25-13-5-1-6-14-25)32(29)27-17-9-3-10-18-27/h1-20,30-31H,21,23-24H2/t30-,31+/m1/s1. The number of benzene rings is 4. The van der Waals surface area contributed by atoms with Crippen LogP contribution in [0.3, 0.4) is 0 Å². The average molecular weight is 469 g/mol. The number of nitriles is 1. The SMILES string of the molecule is N#CCC1=C(c2ccccc2)N(Cc2ccccc2)C[C@@H](C(=O)c2ccccc2)[C@H]1c1ccccc1. The minimum atomic E-state index is -0.311. The van der Waals surface area contributed by atoms with Gasteiger partial charge in [-0.2, -0.15) is 5.26 Å². The van der Waals surface area contributed by atoms with Crippen LogP contribution in [-0.2, 0) is 6.54 Å². The molecule has 4 aromatic carbocycles. The van der Waals surface area contributed by atoms with Crippen molar-refractivity contribution in [1.82, 2.24) is 4.90 Å². The van der Waals surface area contributed by atoms with E-state index in [4.69, 9.17) is 0 Å². The predicted molar refractivity (Wildman–Crippen MR) is 144 cm³/mol. The van der Waals surface area contributed by atoms with Crippen LogP contribution >= 0.6 is 0 Å². The highest BCUT2D eigenvalue weighted by atomic mass is 16.1. The van der Waals surface area contributed by atoms with Crippen LogP contribution in [0.1, 0.15) is 39.4 Å². The molecule has 0 unspecified atom stereocenters. The Morgan fingerprint density at radius 3 is 1.94 bits per heavy atom. The van der Waals surface area contributed by atoms with Crippen molar-refractivity contribution in [1.29, 1.82) is 5.26 Å². The van der Waals surface area contributed by atoms with Crippen LogP contribution < -0.4 is 0 Å². The fraction of sp³-hybridized carbons (Fsp3) is 0.152. The molecule has 176 valence electrons. The van der Waals surface area contributed by atoms with E-state index in [-0.39, 0.29) is 24.0 Å².